The summed E-state index contributed by atoms with van der Waals surface area (Å²) in [6.45, 7) is 9.42. The van der Waals surface area contributed by atoms with Crippen LogP contribution < -0.4 is 10.6 Å². The van der Waals surface area contributed by atoms with E-state index in [9.17, 15) is 4.79 Å². The van der Waals surface area contributed by atoms with E-state index in [2.05, 4.69) is 31.4 Å². The summed E-state index contributed by atoms with van der Waals surface area (Å²) < 4.78 is 0. The van der Waals surface area contributed by atoms with Gasteiger partial charge in [-0.05, 0) is 38.1 Å². The number of carbonyl (C=O) groups excluding carboxylic acids is 1. The number of hydrogen-bond acceptors (Lipinski definition) is 2. The van der Waals surface area contributed by atoms with Crippen LogP contribution in [-0.4, -0.2) is 24.5 Å². The zero-order chi connectivity index (χ0) is 12.8. The van der Waals surface area contributed by atoms with Crippen molar-refractivity contribution in [3.05, 3.63) is 0 Å². The molecule has 1 unspecified atom stereocenters. The van der Waals surface area contributed by atoms with Crippen LogP contribution in [0.4, 0.5) is 0 Å². The summed E-state index contributed by atoms with van der Waals surface area (Å²) in [5.74, 6) is 0.779. The van der Waals surface area contributed by atoms with Gasteiger partial charge >= 0.3 is 0 Å². The minimum Gasteiger partial charge on any atom is -0.353 e. The lowest BCUT2D eigenvalue weighted by atomic mass is 9.90. The van der Waals surface area contributed by atoms with Crippen molar-refractivity contribution in [2.75, 3.05) is 6.54 Å². The maximum Gasteiger partial charge on any atom is 0.223 e. The topological polar surface area (TPSA) is 41.1 Å². The molecule has 2 N–H and O–H groups in total. The predicted octanol–water partition coefficient (Wildman–Crippen LogP) is 2.32. The molecule has 3 nitrogen and oxygen atoms in total. The van der Waals surface area contributed by atoms with E-state index in [1.54, 1.807) is 0 Å². The average molecular weight is 240 g/mol. The van der Waals surface area contributed by atoms with Crippen LogP contribution in [0.25, 0.3) is 0 Å². The zero-order valence-electron chi connectivity index (χ0n) is 11.8. The molecule has 1 amide bonds. The lowest BCUT2D eigenvalue weighted by Crippen LogP contribution is -2.44. The van der Waals surface area contributed by atoms with Crippen molar-refractivity contribution in [2.24, 2.45) is 11.8 Å². The molecule has 1 rings (SSSR count). The van der Waals surface area contributed by atoms with Crippen molar-refractivity contribution in [2.45, 2.75) is 65.5 Å². The van der Waals surface area contributed by atoms with Gasteiger partial charge in [0.2, 0.25) is 5.91 Å². The maximum absolute atomic E-state index is 11.9. The molecule has 17 heavy (non-hydrogen) atoms. The maximum atomic E-state index is 11.9. The highest BCUT2D eigenvalue weighted by Crippen LogP contribution is 2.19. The molecular weight excluding hydrogens is 212 g/mol. The molecule has 100 valence electrons. The van der Waals surface area contributed by atoms with Crippen LogP contribution in [-0.2, 0) is 4.79 Å². The average Bonchev–Trinajstić information content (AvgIpc) is 2.30. The monoisotopic (exact) mass is 240 g/mol. The van der Waals surface area contributed by atoms with E-state index >= 15 is 0 Å². The van der Waals surface area contributed by atoms with Gasteiger partial charge in [-0.2, -0.15) is 0 Å². The summed E-state index contributed by atoms with van der Waals surface area (Å²) in [6.07, 6.45) is 4.62. The molecule has 0 aromatic heterocycles. The summed E-state index contributed by atoms with van der Waals surface area (Å²) in [5.41, 5.74) is 0. The molecular formula is C14H28N2O. The van der Waals surface area contributed by atoms with Gasteiger partial charge in [-0.1, -0.05) is 27.7 Å². The minimum absolute atomic E-state index is 0.126. The zero-order valence-corrected chi connectivity index (χ0v) is 11.8. The SMILES string of the molecule is CCNC1CCC(NC(=O)C(C)C(C)C)CC1. The number of amides is 1. The van der Waals surface area contributed by atoms with Crippen molar-refractivity contribution in [1.29, 1.82) is 0 Å². The van der Waals surface area contributed by atoms with Gasteiger partial charge in [0.15, 0.2) is 0 Å². The smallest absolute Gasteiger partial charge is 0.223 e. The number of hydrogen-bond donors (Lipinski definition) is 2. The Bertz CT molecular complexity index is 232. The van der Waals surface area contributed by atoms with Gasteiger partial charge in [-0.15, -0.1) is 0 Å². The van der Waals surface area contributed by atoms with Crippen molar-refractivity contribution in [3.8, 4) is 0 Å². The minimum atomic E-state index is 0.126. The molecule has 0 bridgehead atoms. The Morgan fingerprint density at radius 1 is 1.12 bits per heavy atom. The highest BCUT2D eigenvalue weighted by Gasteiger charge is 2.24. The normalized spacial score (nSPS) is 26.9. The first-order valence-corrected chi connectivity index (χ1v) is 7.08. The summed E-state index contributed by atoms with van der Waals surface area (Å²) >= 11 is 0. The molecule has 1 saturated carbocycles. The van der Waals surface area contributed by atoms with Gasteiger partial charge in [0.05, 0.1) is 0 Å². The molecule has 0 aliphatic heterocycles. The summed E-state index contributed by atoms with van der Waals surface area (Å²) in [4.78, 5) is 11.9. The van der Waals surface area contributed by atoms with Crippen molar-refractivity contribution >= 4 is 5.91 Å². The fraction of sp³-hybridized carbons (Fsp3) is 0.929. The van der Waals surface area contributed by atoms with Crippen LogP contribution in [0.3, 0.4) is 0 Å². The fourth-order valence-corrected chi connectivity index (χ4v) is 2.37. The van der Waals surface area contributed by atoms with Gasteiger partial charge in [-0.3, -0.25) is 4.79 Å². The van der Waals surface area contributed by atoms with Gasteiger partial charge in [0, 0.05) is 18.0 Å². The lowest BCUT2D eigenvalue weighted by Gasteiger charge is -2.30. The summed E-state index contributed by atoms with van der Waals surface area (Å²) in [6, 6.07) is 1.06. The predicted molar refractivity (Wildman–Crippen MR) is 71.9 cm³/mol. The molecule has 0 aromatic rings. The summed E-state index contributed by atoms with van der Waals surface area (Å²) in [7, 11) is 0. The molecule has 1 aliphatic carbocycles. The Hall–Kier alpha value is -0.570. The molecule has 0 aromatic carbocycles. The first kappa shape index (κ1) is 14.5. The number of carbonyl (C=O) groups is 1. The van der Waals surface area contributed by atoms with Gasteiger partial charge in [-0.25, -0.2) is 0 Å². The highest BCUT2D eigenvalue weighted by molar-refractivity contribution is 5.78. The van der Waals surface area contributed by atoms with Crippen molar-refractivity contribution in [3.63, 3.8) is 0 Å². The Balaban J connectivity index is 2.28. The fourth-order valence-electron chi connectivity index (χ4n) is 2.37. The van der Waals surface area contributed by atoms with Crippen molar-refractivity contribution in [1.82, 2.24) is 10.6 Å². The van der Waals surface area contributed by atoms with Crippen LogP contribution in [0.1, 0.15) is 53.4 Å². The van der Waals surface area contributed by atoms with Crippen LogP contribution in [0.2, 0.25) is 0 Å². The Labute approximate surface area is 106 Å². The third kappa shape index (κ3) is 4.66. The van der Waals surface area contributed by atoms with E-state index in [4.69, 9.17) is 0 Å². The Kier molecular flexibility index (Phi) is 5.96. The lowest BCUT2D eigenvalue weighted by molar-refractivity contribution is -0.126. The molecule has 0 heterocycles. The Morgan fingerprint density at radius 2 is 1.65 bits per heavy atom. The number of rotatable bonds is 5. The van der Waals surface area contributed by atoms with Crippen LogP contribution in [0.15, 0.2) is 0 Å². The molecule has 0 radical (unpaired) electrons. The largest absolute Gasteiger partial charge is 0.353 e. The molecule has 1 atom stereocenters. The van der Waals surface area contributed by atoms with Crippen LogP contribution in [0.5, 0.6) is 0 Å². The van der Waals surface area contributed by atoms with Gasteiger partial charge < -0.3 is 10.6 Å². The first-order chi connectivity index (χ1) is 8.04. The quantitative estimate of drug-likeness (QED) is 0.774. The van der Waals surface area contributed by atoms with Gasteiger partial charge in [0.1, 0.15) is 0 Å². The second kappa shape index (κ2) is 7.00. The van der Waals surface area contributed by atoms with E-state index in [1.807, 2.05) is 6.92 Å². The third-order valence-electron chi connectivity index (χ3n) is 3.98. The third-order valence-corrected chi connectivity index (χ3v) is 3.98. The molecule has 0 saturated heterocycles. The van der Waals surface area contributed by atoms with E-state index in [0.717, 1.165) is 19.4 Å². The van der Waals surface area contributed by atoms with E-state index in [1.165, 1.54) is 12.8 Å². The summed E-state index contributed by atoms with van der Waals surface area (Å²) in [5, 5.41) is 6.68. The molecule has 1 fully saturated rings. The van der Waals surface area contributed by atoms with Crippen LogP contribution >= 0.6 is 0 Å². The van der Waals surface area contributed by atoms with E-state index < -0.39 is 0 Å². The highest BCUT2D eigenvalue weighted by atomic mass is 16.1. The van der Waals surface area contributed by atoms with E-state index in [-0.39, 0.29) is 11.8 Å². The molecule has 0 spiro atoms. The Morgan fingerprint density at radius 3 is 2.12 bits per heavy atom. The second-order valence-electron chi connectivity index (χ2n) is 5.65. The molecule has 3 heteroatoms. The first-order valence-electron chi connectivity index (χ1n) is 7.08. The van der Waals surface area contributed by atoms with Crippen molar-refractivity contribution < 1.29 is 4.79 Å². The van der Waals surface area contributed by atoms with E-state index in [0.29, 0.717) is 18.0 Å². The standard InChI is InChI=1S/C14H28N2O/c1-5-15-12-6-8-13(9-7-12)16-14(17)11(4)10(2)3/h10-13,15H,5-9H2,1-4H3,(H,16,17). The number of nitrogens with one attached hydrogen (secondary N) is 2. The molecule has 1 aliphatic rings. The van der Waals surface area contributed by atoms with Crippen LogP contribution in [0, 0.1) is 11.8 Å². The van der Waals surface area contributed by atoms with Gasteiger partial charge in [0.25, 0.3) is 0 Å². The second-order valence-corrected chi connectivity index (χ2v) is 5.65.